The number of hydrogen-bond donors (Lipinski definition) is 1. The molecule has 2 N–H and O–H groups in total. The number of amides is 1. The highest BCUT2D eigenvalue weighted by atomic mass is 127. The van der Waals surface area contributed by atoms with Crippen LogP contribution in [0.15, 0.2) is 6.20 Å². The van der Waals surface area contributed by atoms with Gasteiger partial charge in [0.2, 0.25) is 0 Å². The van der Waals surface area contributed by atoms with Crippen molar-refractivity contribution in [2.75, 3.05) is 0 Å². The highest BCUT2D eigenvalue weighted by molar-refractivity contribution is 14.1. The third kappa shape index (κ3) is 1.99. The summed E-state index contributed by atoms with van der Waals surface area (Å²) in [5.74, 6) is -0.734. The summed E-state index contributed by atoms with van der Waals surface area (Å²) in [6.45, 7) is 1.55. The van der Waals surface area contributed by atoms with Gasteiger partial charge in [-0.3, -0.25) is 9.78 Å². The zero-order chi connectivity index (χ0) is 10.9. The van der Waals surface area contributed by atoms with Crippen molar-refractivity contribution >= 4 is 28.5 Å². The van der Waals surface area contributed by atoms with E-state index in [0.717, 1.165) is 6.20 Å². The highest BCUT2D eigenvalue weighted by Gasteiger charge is 2.19. The predicted octanol–water partition coefficient (Wildman–Crippen LogP) is 2.03. The van der Waals surface area contributed by atoms with Crippen LogP contribution in [0, 0.1) is 10.5 Å². The first-order valence-corrected chi connectivity index (χ1v) is 4.76. The van der Waals surface area contributed by atoms with Crippen molar-refractivity contribution in [1.82, 2.24) is 4.98 Å². The minimum Gasteiger partial charge on any atom is -0.366 e. The Bertz CT molecular complexity index is 382. The van der Waals surface area contributed by atoms with Gasteiger partial charge in [-0.05, 0) is 29.5 Å². The van der Waals surface area contributed by atoms with Crippen LogP contribution >= 0.6 is 22.6 Å². The van der Waals surface area contributed by atoms with Crippen molar-refractivity contribution in [3.8, 4) is 0 Å². The molecule has 1 amide bonds. The maximum atomic E-state index is 12.4. The number of aromatic nitrogens is 1. The van der Waals surface area contributed by atoms with Crippen molar-refractivity contribution < 1.29 is 13.6 Å². The van der Waals surface area contributed by atoms with Crippen LogP contribution in [0.4, 0.5) is 8.78 Å². The van der Waals surface area contributed by atoms with E-state index in [2.05, 4.69) is 4.98 Å². The van der Waals surface area contributed by atoms with Crippen molar-refractivity contribution in [3.05, 3.63) is 26.6 Å². The van der Waals surface area contributed by atoms with E-state index in [0.29, 0.717) is 5.69 Å². The molecular weight excluding hydrogens is 305 g/mol. The van der Waals surface area contributed by atoms with Crippen LogP contribution < -0.4 is 5.73 Å². The predicted molar refractivity (Wildman–Crippen MR) is 55.2 cm³/mol. The Hall–Kier alpha value is -0.790. The summed E-state index contributed by atoms with van der Waals surface area (Å²) >= 11 is 1.68. The molecule has 3 nitrogen and oxygen atoms in total. The van der Waals surface area contributed by atoms with Gasteiger partial charge in [0.15, 0.2) is 0 Å². The second-order valence-corrected chi connectivity index (χ2v) is 3.73. The minimum atomic E-state index is -2.65. The molecule has 6 heteroatoms. The molecule has 0 saturated heterocycles. The summed E-state index contributed by atoms with van der Waals surface area (Å²) < 4.78 is 25.0. The van der Waals surface area contributed by atoms with Crippen molar-refractivity contribution in [3.63, 3.8) is 0 Å². The Morgan fingerprint density at radius 3 is 2.64 bits per heavy atom. The maximum Gasteiger partial charge on any atom is 0.266 e. The Labute approximate surface area is 92.8 Å². The van der Waals surface area contributed by atoms with Crippen molar-refractivity contribution in [1.29, 1.82) is 0 Å². The zero-order valence-electron chi connectivity index (χ0n) is 7.22. The molecule has 0 radical (unpaired) electrons. The molecule has 0 atom stereocenters. The van der Waals surface area contributed by atoms with Gasteiger partial charge in [-0.15, -0.1) is 0 Å². The number of hydrogen-bond acceptors (Lipinski definition) is 2. The van der Waals surface area contributed by atoms with Crippen LogP contribution in [0.1, 0.15) is 28.0 Å². The number of carbonyl (C=O) groups is 1. The fourth-order valence-electron chi connectivity index (χ4n) is 1.03. The van der Waals surface area contributed by atoms with Gasteiger partial charge in [-0.1, -0.05) is 0 Å². The molecule has 0 aliphatic rings. The van der Waals surface area contributed by atoms with E-state index in [1.807, 2.05) is 0 Å². The first-order chi connectivity index (χ1) is 6.45. The number of aryl methyl sites for hydroxylation is 1. The molecule has 76 valence electrons. The number of nitrogens with zero attached hydrogens (tertiary/aromatic N) is 1. The number of rotatable bonds is 2. The molecular formula is C8H7F2IN2O. The second-order valence-electron chi connectivity index (χ2n) is 2.65. The van der Waals surface area contributed by atoms with Crippen LogP contribution in [0.5, 0.6) is 0 Å². The molecule has 0 aliphatic carbocycles. The molecule has 0 spiro atoms. The van der Waals surface area contributed by atoms with Crippen LogP contribution in [0.2, 0.25) is 0 Å². The van der Waals surface area contributed by atoms with Crippen LogP contribution in [0.25, 0.3) is 0 Å². The van der Waals surface area contributed by atoms with Gasteiger partial charge in [0, 0.05) is 9.77 Å². The Kier molecular flexibility index (Phi) is 3.35. The van der Waals surface area contributed by atoms with E-state index in [1.165, 1.54) is 0 Å². The molecule has 0 unspecified atom stereocenters. The number of halogens is 3. The third-order valence-corrected chi connectivity index (χ3v) is 2.88. The van der Waals surface area contributed by atoms with Gasteiger partial charge in [0.25, 0.3) is 12.3 Å². The molecule has 0 bridgehead atoms. The summed E-state index contributed by atoms with van der Waals surface area (Å²) in [5, 5.41) is 0. The number of carbonyl (C=O) groups excluding carboxylic acids is 1. The van der Waals surface area contributed by atoms with E-state index in [1.54, 1.807) is 29.5 Å². The SMILES string of the molecule is Cc1ncc(C(F)F)c(I)c1C(N)=O. The first-order valence-electron chi connectivity index (χ1n) is 3.68. The number of pyridine rings is 1. The standard InChI is InChI=1S/C8H7F2IN2O/c1-3-5(8(12)14)6(11)4(2-13-3)7(9)10/h2,7H,1H3,(H2,12,14). The molecule has 0 aliphatic heterocycles. The quantitative estimate of drug-likeness (QED) is 0.850. The molecule has 1 aromatic heterocycles. The first kappa shape index (κ1) is 11.3. The summed E-state index contributed by atoms with van der Waals surface area (Å²) in [7, 11) is 0. The van der Waals surface area contributed by atoms with E-state index in [-0.39, 0.29) is 14.7 Å². The summed E-state index contributed by atoms with van der Waals surface area (Å²) in [6, 6.07) is 0. The topological polar surface area (TPSA) is 56.0 Å². The largest absolute Gasteiger partial charge is 0.366 e. The highest BCUT2D eigenvalue weighted by Crippen LogP contribution is 2.27. The van der Waals surface area contributed by atoms with Gasteiger partial charge in [0.05, 0.1) is 16.8 Å². The van der Waals surface area contributed by atoms with Crippen LogP contribution in [-0.2, 0) is 0 Å². The molecule has 1 heterocycles. The minimum absolute atomic E-state index is 0.0726. The molecule has 1 rings (SSSR count). The molecule has 0 aromatic carbocycles. The Balaban J connectivity index is 3.41. The lowest BCUT2D eigenvalue weighted by Crippen LogP contribution is -2.16. The van der Waals surface area contributed by atoms with E-state index in [4.69, 9.17) is 5.73 Å². The monoisotopic (exact) mass is 312 g/mol. The van der Waals surface area contributed by atoms with E-state index < -0.39 is 12.3 Å². The number of nitrogens with two attached hydrogens (primary N) is 1. The normalized spacial score (nSPS) is 10.6. The lowest BCUT2D eigenvalue weighted by molar-refractivity contribution is 0.0997. The molecule has 14 heavy (non-hydrogen) atoms. The average molecular weight is 312 g/mol. The van der Waals surface area contributed by atoms with Crippen molar-refractivity contribution in [2.24, 2.45) is 5.73 Å². The number of alkyl halides is 2. The Morgan fingerprint density at radius 2 is 2.21 bits per heavy atom. The smallest absolute Gasteiger partial charge is 0.266 e. The van der Waals surface area contributed by atoms with Crippen LogP contribution in [0.3, 0.4) is 0 Å². The third-order valence-electron chi connectivity index (χ3n) is 1.71. The van der Waals surface area contributed by atoms with E-state index in [9.17, 15) is 13.6 Å². The fourth-order valence-corrected chi connectivity index (χ4v) is 2.06. The summed E-state index contributed by atoms with van der Waals surface area (Å²) in [6.07, 6.45) is -1.58. The maximum absolute atomic E-state index is 12.4. The lowest BCUT2D eigenvalue weighted by atomic mass is 10.1. The van der Waals surface area contributed by atoms with E-state index >= 15 is 0 Å². The Morgan fingerprint density at radius 1 is 1.64 bits per heavy atom. The zero-order valence-corrected chi connectivity index (χ0v) is 9.38. The number of primary amides is 1. The summed E-state index contributed by atoms with van der Waals surface area (Å²) in [5.41, 5.74) is 5.24. The molecule has 0 saturated carbocycles. The van der Waals surface area contributed by atoms with Gasteiger partial charge in [0.1, 0.15) is 0 Å². The second kappa shape index (κ2) is 4.16. The van der Waals surface area contributed by atoms with Gasteiger partial charge < -0.3 is 5.73 Å². The fraction of sp³-hybridized carbons (Fsp3) is 0.250. The van der Waals surface area contributed by atoms with Gasteiger partial charge in [-0.2, -0.15) is 0 Å². The average Bonchev–Trinajstić information content (AvgIpc) is 2.02. The summed E-state index contributed by atoms with van der Waals surface area (Å²) in [4.78, 5) is 14.6. The molecule has 0 fully saturated rings. The molecule has 1 aromatic rings. The van der Waals surface area contributed by atoms with Crippen molar-refractivity contribution in [2.45, 2.75) is 13.3 Å². The van der Waals surface area contributed by atoms with Gasteiger partial charge >= 0.3 is 0 Å². The lowest BCUT2D eigenvalue weighted by Gasteiger charge is -2.08. The van der Waals surface area contributed by atoms with Gasteiger partial charge in [-0.25, -0.2) is 8.78 Å². The van der Waals surface area contributed by atoms with Crippen LogP contribution in [-0.4, -0.2) is 10.9 Å².